The molecule has 0 aliphatic heterocycles. The minimum absolute atomic E-state index is 0.344. The summed E-state index contributed by atoms with van der Waals surface area (Å²) in [5, 5.41) is 9.86. The second-order valence-electron chi connectivity index (χ2n) is 5.00. The molecular weight excluding hydrogens is 328 g/mol. The second kappa shape index (κ2) is 5.36. The summed E-state index contributed by atoms with van der Waals surface area (Å²) in [7, 11) is 0. The van der Waals surface area contributed by atoms with Gasteiger partial charge in [0.1, 0.15) is 11.3 Å². The van der Waals surface area contributed by atoms with Crippen molar-refractivity contribution < 1.29 is 4.42 Å². The molecule has 1 heterocycles. The van der Waals surface area contributed by atoms with Gasteiger partial charge in [0, 0.05) is 9.86 Å². The molecule has 1 atom stereocenters. The summed E-state index contributed by atoms with van der Waals surface area (Å²) in [6, 6.07) is 15.0. The number of hydrogen-bond donors (Lipinski definition) is 1. The molecular formula is C17H13BrN2O. The Morgan fingerprint density at radius 3 is 2.57 bits per heavy atom. The third-order valence-corrected chi connectivity index (χ3v) is 3.95. The molecule has 3 rings (SSSR count). The summed E-state index contributed by atoms with van der Waals surface area (Å²) in [4.78, 5) is 0. The van der Waals surface area contributed by atoms with Crippen LogP contribution in [0, 0.1) is 18.3 Å². The van der Waals surface area contributed by atoms with E-state index in [-0.39, 0.29) is 6.04 Å². The molecule has 3 aromatic rings. The van der Waals surface area contributed by atoms with Crippen molar-refractivity contribution in [2.75, 3.05) is 0 Å². The van der Waals surface area contributed by atoms with Crippen molar-refractivity contribution in [2.45, 2.75) is 13.0 Å². The Bertz CT molecular complexity index is 844. The van der Waals surface area contributed by atoms with Crippen LogP contribution in [-0.2, 0) is 0 Å². The van der Waals surface area contributed by atoms with Crippen molar-refractivity contribution in [3.8, 4) is 6.07 Å². The number of halogens is 1. The van der Waals surface area contributed by atoms with Crippen LogP contribution in [0.25, 0.3) is 11.0 Å². The zero-order valence-electron chi connectivity index (χ0n) is 11.4. The van der Waals surface area contributed by atoms with Crippen molar-refractivity contribution in [1.82, 2.24) is 0 Å². The van der Waals surface area contributed by atoms with Gasteiger partial charge >= 0.3 is 0 Å². The smallest absolute Gasteiger partial charge is 0.137 e. The number of hydrogen-bond acceptors (Lipinski definition) is 3. The topological polar surface area (TPSA) is 63.0 Å². The van der Waals surface area contributed by atoms with E-state index in [1.165, 1.54) is 0 Å². The number of furan rings is 1. The molecule has 2 N–H and O–H groups in total. The monoisotopic (exact) mass is 340 g/mol. The van der Waals surface area contributed by atoms with Gasteiger partial charge in [-0.15, -0.1) is 0 Å². The molecule has 0 amide bonds. The fourth-order valence-corrected chi connectivity index (χ4v) is 2.98. The predicted molar refractivity (Wildman–Crippen MR) is 85.8 cm³/mol. The SMILES string of the molecule is Cc1cc(Br)cc2cc(C(N)c3ccc(C#N)cc3)oc12. The first-order valence-electron chi connectivity index (χ1n) is 6.53. The van der Waals surface area contributed by atoms with E-state index in [1.807, 2.05) is 37.3 Å². The molecule has 0 saturated heterocycles. The van der Waals surface area contributed by atoms with Crippen LogP contribution in [0.3, 0.4) is 0 Å². The first-order chi connectivity index (χ1) is 10.1. The molecule has 0 saturated carbocycles. The molecule has 0 fully saturated rings. The third-order valence-electron chi connectivity index (χ3n) is 3.49. The van der Waals surface area contributed by atoms with Gasteiger partial charge in [-0.1, -0.05) is 28.1 Å². The van der Waals surface area contributed by atoms with Crippen LogP contribution in [0.5, 0.6) is 0 Å². The minimum atomic E-state index is -0.344. The van der Waals surface area contributed by atoms with Gasteiger partial charge in [-0.05, 0) is 48.4 Å². The molecule has 1 aromatic heterocycles. The molecule has 0 bridgehead atoms. The number of fused-ring (bicyclic) bond motifs is 1. The van der Waals surface area contributed by atoms with E-state index < -0.39 is 0 Å². The molecule has 21 heavy (non-hydrogen) atoms. The van der Waals surface area contributed by atoms with E-state index in [2.05, 4.69) is 22.0 Å². The average molecular weight is 341 g/mol. The number of rotatable bonds is 2. The number of aryl methyl sites for hydroxylation is 1. The Balaban J connectivity index is 2.03. The van der Waals surface area contributed by atoms with E-state index in [9.17, 15) is 0 Å². The van der Waals surface area contributed by atoms with Crippen molar-refractivity contribution in [1.29, 1.82) is 5.26 Å². The summed E-state index contributed by atoms with van der Waals surface area (Å²) < 4.78 is 6.94. The van der Waals surface area contributed by atoms with Gasteiger partial charge in [0.05, 0.1) is 17.7 Å². The quantitative estimate of drug-likeness (QED) is 0.750. The Morgan fingerprint density at radius 1 is 1.19 bits per heavy atom. The maximum atomic E-state index is 8.83. The summed E-state index contributed by atoms with van der Waals surface area (Å²) in [5.74, 6) is 0.718. The molecule has 2 aromatic carbocycles. The molecule has 0 spiro atoms. The largest absolute Gasteiger partial charge is 0.459 e. The molecule has 3 nitrogen and oxygen atoms in total. The summed E-state index contributed by atoms with van der Waals surface area (Å²) >= 11 is 3.49. The fourth-order valence-electron chi connectivity index (χ4n) is 2.39. The van der Waals surface area contributed by atoms with Gasteiger partial charge in [-0.25, -0.2) is 0 Å². The van der Waals surface area contributed by atoms with Crippen LogP contribution >= 0.6 is 15.9 Å². The second-order valence-corrected chi connectivity index (χ2v) is 5.92. The molecule has 104 valence electrons. The van der Waals surface area contributed by atoms with Gasteiger partial charge in [0.15, 0.2) is 0 Å². The van der Waals surface area contributed by atoms with Crippen LogP contribution in [-0.4, -0.2) is 0 Å². The molecule has 1 unspecified atom stereocenters. The Labute approximate surface area is 131 Å². The Hall–Kier alpha value is -2.09. The minimum Gasteiger partial charge on any atom is -0.459 e. The summed E-state index contributed by atoms with van der Waals surface area (Å²) in [6.07, 6.45) is 0. The first-order valence-corrected chi connectivity index (χ1v) is 7.33. The zero-order valence-corrected chi connectivity index (χ0v) is 13.0. The van der Waals surface area contributed by atoms with Crippen LogP contribution in [0.1, 0.15) is 28.5 Å². The average Bonchev–Trinajstić information content (AvgIpc) is 2.91. The Kier molecular flexibility index (Phi) is 3.54. The maximum absolute atomic E-state index is 8.83. The highest BCUT2D eigenvalue weighted by Gasteiger charge is 2.15. The summed E-state index contributed by atoms with van der Waals surface area (Å²) in [5.41, 5.74) is 9.74. The van der Waals surface area contributed by atoms with E-state index in [0.29, 0.717) is 5.56 Å². The van der Waals surface area contributed by atoms with E-state index >= 15 is 0 Å². The van der Waals surface area contributed by atoms with Crippen molar-refractivity contribution in [3.05, 3.63) is 69.4 Å². The van der Waals surface area contributed by atoms with Crippen LogP contribution in [0.15, 0.2) is 51.4 Å². The number of nitrogens with zero attached hydrogens (tertiary/aromatic N) is 1. The number of benzene rings is 2. The highest BCUT2D eigenvalue weighted by molar-refractivity contribution is 9.10. The lowest BCUT2D eigenvalue weighted by molar-refractivity contribution is 0.523. The van der Waals surface area contributed by atoms with E-state index in [0.717, 1.165) is 32.3 Å². The first kappa shape index (κ1) is 13.9. The summed E-state index contributed by atoms with van der Waals surface area (Å²) in [6.45, 7) is 2.01. The Morgan fingerprint density at radius 2 is 1.90 bits per heavy atom. The highest BCUT2D eigenvalue weighted by Crippen LogP contribution is 2.31. The van der Waals surface area contributed by atoms with E-state index in [4.69, 9.17) is 15.4 Å². The highest BCUT2D eigenvalue weighted by atomic mass is 79.9. The van der Waals surface area contributed by atoms with Gasteiger partial charge < -0.3 is 10.2 Å². The molecule has 0 aliphatic rings. The van der Waals surface area contributed by atoms with Crippen LogP contribution < -0.4 is 5.73 Å². The zero-order chi connectivity index (χ0) is 15.0. The number of nitriles is 1. The lowest BCUT2D eigenvalue weighted by Gasteiger charge is -2.08. The van der Waals surface area contributed by atoms with Gasteiger partial charge in [0.25, 0.3) is 0 Å². The van der Waals surface area contributed by atoms with Crippen molar-refractivity contribution >= 4 is 26.9 Å². The van der Waals surface area contributed by atoms with Crippen molar-refractivity contribution in [2.24, 2.45) is 5.73 Å². The van der Waals surface area contributed by atoms with Gasteiger partial charge in [-0.3, -0.25) is 0 Å². The van der Waals surface area contributed by atoms with Crippen LogP contribution in [0.2, 0.25) is 0 Å². The van der Waals surface area contributed by atoms with E-state index in [1.54, 1.807) is 12.1 Å². The normalized spacial score (nSPS) is 12.3. The maximum Gasteiger partial charge on any atom is 0.137 e. The lowest BCUT2D eigenvalue weighted by Crippen LogP contribution is -2.10. The lowest BCUT2D eigenvalue weighted by atomic mass is 10.0. The standard InChI is InChI=1S/C17H13BrN2O/c1-10-6-14(18)7-13-8-15(21-17(10)13)16(20)12-4-2-11(9-19)3-5-12/h2-8,16H,20H2,1H3. The third kappa shape index (κ3) is 2.58. The van der Waals surface area contributed by atoms with Crippen molar-refractivity contribution in [3.63, 3.8) is 0 Å². The van der Waals surface area contributed by atoms with Gasteiger partial charge in [0.2, 0.25) is 0 Å². The van der Waals surface area contributed by atoms with Gasteiger partial charge in [-0.2, -0.15) is 5.26 Å². The molecule has 0 aliphatic carbocycles. The fraction of sp³-hybridized carbons (Fsp3) is 0.118. The molecule has 0 radical (unpaired) electrons. The number of nitrogens with two attached hydrogens (primary N) is 1. The molecule has 4 heteroatoms. The van der Waals surface area contributed by atoms with Crippen LogP contribution in [0.4, 0.5) is 0 Å². The predicted octanol–water partition coefficient (Wildman–Crippen LogP) is 4.42.